The Balaban J connectivity index is 4.65. The Morgan fingerprint density at radius 3 is 1.57 bits per heavy atom. The number of carbonyl (C=O) groups excluding carboxylic acids is 3. The summed E-state index contributed by atoms with van der Waals surface area (Å²) in [6.07, 6.45) is 4.51. The molecule has 0 saturated carbocycles. The molecule has 0 amide bonds. The molecular formula is C24H37O6. The Labute approximate surface area is 181 Å². The van der Waals surface area contributed by atoms with Crippen LogP contribution in [0.5, 0.6) is 0 Å². The minimum absolute atomic E-state index is 0.111. The van der Waals surface area contributed by atoms with E-state index in [9.17, 15) is 14.4 Å². The third kappa shape index (κ3) is 12.2. The average Bonchev–Trinajstić information content (AvgIpc) is 2.69. The lowest BCUT2D eigenvalue weighted by Crippen LogP contribution is -2.23. The first-order valence-electron chi connectivity index (χ1n) is 10.4. The minimum atomic E-state index is -0.409. The predicted octanol–water partition coefficient (Wildman–Crippen LogP) is 4.75. The summed E-state index contributed by atoms with van der Waals surface area (Å²) < 4.78 is 15.7. The van der Waals surface area contributed by atoms with Gasteiger partial charge in [-0.3, -0.25) is 0 Å². The van der Waals surface area contributed by atoms with Crippen LogP contribution in [-0.2, 0) is 28.6 Å². The van der Waals surface area contributed by atoms with Crippen molar-refractivity contribution in [2.45, 2.75) is 59.3 Å². The monoisotopic (exact) mass is 421 g/mol. The average molecular weight is 422 g/mol. The molecule has 1 radical (unpaired) electrons. The molecule has 30 heavy (non-hydrogen) atoms. The van der Waals surface area contributed by atoms with Gasteiger partial charge >= 0.3 is 17.9 Å². The van der Waals surface area contributed by atoms with E-state index in [0.29, 0.717) is 49.2 Å². The summed E-state index contributed by atoms with van der Waals surface area (Å²) >= 11 is 0. The Kier molecular flexibility index (Phi) is 14.2. The van der Waals surface area contributed by atoms with Crippen LogP contribution in [0.3, 0.4) is 0 Å². The third-order valence-electron chi connectivity index (χ3n) is 4.67. The van der Waals surface area contributed by atoms with Crippen LogP contribution in [0.2, 0.25) is 0 Å². The highest BCUT2D eigenvalue weighted by atomic mass is 16.5. The van der Waals surface area contributed by atoms with Crippen LogP contribution in [-0.4, -0.2) is 37.7 Å². The Morgan fingerprint density at radius 2 is 1.10 bits per heavy atom. The van der Waals surface area contributed by atoms with Crippen LogP contribution >= 0.6 is 0 Å². The van der Waals surface area contributed by atoms with Gasteiger partial charge in [0.15, 0.2) is 0 Å². The van der Waals surface area contributed by atoms with E-state index in [1.807, 2.05) is 0 Å². The van der Waals surface area contributed by atoms with Crippen LogP contribution in [0.25, 0.3) is 0 Å². The van der Waals surface area contributed by atoms with Gasteiger partial charge in [0.2, 0.25) is 0 Å². The van der Waals surface area contributed by atoms with Crippen molar-refractivity contribution >= 4 is 17.9 Å². The normalized spacial score (nSPS) is 12.4. The summed E-state index contributed by atoms with van der Waals surface area (Å²) in [7, 11) is 0. The molecule has 0 aromatic heterocycles. The zero-order valence-electron chi connectivity index (χ0n) is 18.8. The van der Waals surface area contributed by atoms with Crippen LogP contribution in [0.15, 0.2) is 36.5 Å². The van der Waals surface area contributed by atoms with E-state index < -0.39 is 11.9 Å². The summed E-state index contributed by atoms with van der Waals surface area (Å²) in [4.78, 5) is 34.7. The first-order chi connectivity index (χ1) is 14.1. The SMILES string of the molecule is [CH2]CC(CCCOC(=O)C(=C)C)C(CCCCOC(=O)C(=C)C)COC(=O)C(=C)C. The van der Waals surface area contributed by atoms with Crippen molar-refractivity contribution in [1.29, 1.82) is 0 Å². The second kappa shape index (κ2) is 15.5. The fraction of sp³-hybridized carbons (Fsp3) is 0.583. The molecule has 0 saturated heterocycles. The highest BCUT2D eigenvalue weighted by molar-refractivity contribution is 5.87. The van der Waals surface area contributed by atoms with Crippen LogP contribution in [0, 0.1) is 18.8 Å². The number of esters is 3. The lowest BCUT2D eigenvalue weighted by Gasteiger charge is -2.26. The van der Waals surface area contributed by atoms with Crippen LogP contribution < -0.4 is 0 Å². The van der Waals surface area contributed by atoms with Gasteiger partial charge in [0.1, 0.15) is 0 Å². The second-order valence-corrected chi connectivity index (χ2v) is 7.66. The fourth-order valence-electron chi connectivity index (χ4n) is 2.81. The van der Waals surface area contributed by atoms with Crippen molar-refractivity contribution in [3.8, 4) is 0 Å². The molecule has 0 aromatic rings. The van der Waals surface area contributed by atoms with E-state index in [0.717, 1.165) is 19.3 Å². The molecule has 0 N–H and O–H groups in total. The molecule has 0 heterocycles. The van der Waals surface area contributed by atoms with E-state index in [2.05, 4.69) is 26.7 Å². The van der Waals surface area contributed by atoms with Gasteiger partial charge in [-0.2, -0.15) is 0 Å². The molecule has 0 aliphatic carbocycles. The quantitative estimate of drug-likeness (QED) is 0.155. The molecular weight excluding hydrogens is 384 g/mol. The van der Waals surface area contributed by atoms with Crippen molar-refractivity contribution < 1.29 is 28.6 Å². The van der Waals surface area contributed by atoms with Gasteiger partial charge in [0.25, 0.3) is 0 Å². The van der Waals surface area contributed by atoms with E-state index >= 15 is 0 Å². The lowest BCUT2D eigenvalue weighted by molar-refractivity contribution is -0.142. The summed E-state index contributed by atoms with van der Waals surface area (Å²) in [5, 5.41) is 0. The minimum Gasteiger partial charge on any atom is -0.462 e. The van der Waals surface area contributed by atoms with Gasteiger partial charge in [0, 0.05) is 16.7 Å². The molecule has 6 nitrogen and oxygen atoms in total. The summed E-state index contributed by atoms with van der Waals surface area (Å²) in [6, 6.07) is 0. The number of hydrogen-bond donors (Lipinski definition) is 0. The number of hydrogen-bond acceptors (Lipinski definition) is 6. The molecule has 0 aliphatic heterocycles. The summed E-state index contributed by atoms with van der Waals surface area (Å²) in [6.45, 7) is 20.5. The molecule has 169 valence electrons. The second-order valence-electron chi connectivity index (χ2n) is 7.66. The first kappa shape index (κ1) is 27.6. The first-order valence-corrected chi connectivity index (χ1v) is 10.4. The molecule has 2 atom stereocenters. The van der Waals surface area contributed by atoms with Crippen molar-refractivity contribution in [1.82, 2.24) is 0 Å². The van der Waals surface area contributed by atoms with Gasteiger partial charge in [0.05, 0.1) is 19.8 Å². The van der Waals surface area contributed by atoms with Crippen molar-refractivity contribution in [3.05, 3.63) is 43.4 Å². The topological polar surface area (TPSA) is 78.9 Å². The van der Waals surface area contributed by atoms with E-state index in [4.69, 9.17) is 14.2 Å². The lowest BCUT2D eigenvalue weighted by atomic mass is 9.83. The Hall–Kier alpha value is -2.37. The van der Waals surface area contributed by atoms with Crippen molar-refractivity contribution in [2.75, 3.05) is 19.8 Å². The van der Waals surface area contributed by atoms with Gasteiger partial charge in [-0.1, -0.05) is 33.1 Å². The standard InChI is InChI=1S/C24H37O6/c1-8-20(13-11-15-29-23(26)18(4)5)21(16-30-24(27)19(6)7)12-9-10-14-28-22(25)17(2)3/h20-21H,1-2,4,6,8-16H2,3,5,7H3. The van der Waals surface area contributed by atoms with E-state index in [1.54, 1.807) is 20.8 Å². The molecule has 6 heteroatoms. The van der Waals surface area contributed by atoms with Gasteiger partial charge < -0.3 is 14.2 Å². The molecule has 0 rings (SSSR count). The van der Waals surface area contributed by atoms with Gasteiger partial charge in [-0.15, -0.1) is 0 Å². The Bertz CT molecular complexity index is 619. The molecule has 2 unspecified atom stereocenters. The number of carbonyl (C=O) groups is 3. The highest BCUT2D eigenvalue weighted by Crippen LogP contribution is 2.27. The smallest absolute Gasteiger partial charge is 0.333 e. The van der Waals surface area contributed by atoms with E-state index in [-0.39, 0.29) is 24.4 Å². The largest absolute Gasteiger partial charge is 0.462 e. The molecule has 0 aliphatic rings. The maximum atomic E-state index is 11.8. The Morgan fingerprint density at radius 1 is 0.667 bits per heavy atom. The molecule has 0 spiro atoms. The van der Waals surface area contributed by atoms with E-state index in [1.165, 1.54) is 0 Å². The third-order valence-corrected chi connectivity index (χ3v) is 4.67. The van der Waals surface area contributed by atoms with Crippen molar-refractivity contribution in [2.24, 2.45) is 11.8 Å². The molecule has 0 bridgehead atoms. The predicted molar refractivity (Wildman–Crippen MR) is 117 cm³/mol. The highest BCUT2D eigenvalue weighted by Gasteiger charge is 2.22. The van der Waals surface area contributed by atoms with Gasteiger partial charge in [-0.25, -0.2) is 14.4 Å². The van der Waals surface area contributed by atoms with Crippen LogP contribution in [0.4, 0.5) is 0 Å². The summed E-state index contributed by atoms with van der Waals surface area (Å²) in [5.41, 5.74) is 1.11. The maximum absolute atomic E-state index is 11.8. The zero-order valence-corrected chi connectivity index (χ0v) is 18.8. The molecule has 0 fully saturated rings. The molecule has 0 aromatic carbocycles. The zero-order chi connectivity index (χ0) is 23.1. The van der Waals surface area contributed by atoms with Crippen LogP contribution in [0.1, 0.15) is 59.3 Å². The number of rotatable bonds is 16. The summed E-state index contributed by atoms with van der Waals surface area (Å²) in [5.74, 6) is -0.864. The van der Waals surface area contributed by atoms with Crippen molar-refractivity contribution in [3.63, 3.8) is 0 Å². The number of unbranched alkanes of at least 4 members (excludes halogenated alkanes) is 1. The number of ether oxygens (including phenoxy) is 3. The van der Waals surface area contributed by atoms with Gasteiger partial charge in [-0.05, 0) is 64.7 Å². The fourth-order valence-corrected chi connectivity index (χ4v) is 2.81. The maximum Gasteiger partial charge on any atom is 0.333 e.